The first kappa shape index (κ1) is 30.7. The van der Waals surface area contributed by atoms with Gasteiger partial charge < -0.3 is 9.84 Å². The topological polar surface area (TPSA) is 77.2 Å². The van der Waals surface area contributed by atoms with Crippen molar-refractivity contribution in [3.63, 3.8) is 0 Å². The number of aliphatic hydroxyl groups excluding tert-OH is 1. The van der Waals surface area contributed by atoms with Crippen LogP contribution in [0, 0.1) is 34.5 Å². The number of ketones is 1. The molecule has 3 saturated carbocycles. The Hall–Kier alpha value is -2.94. The molecule has 8 heteroatoms. The fourth-order valence-electron chi connectivity index (χ4n) is 9.68. The molecular formula is C37H43N3O3S2. The number of benzene rings is 1. The Balaban J connectivity index is 1.10. The summed E-state index contributed by atoms with van der Waals surface area (Å²) >= 11 is 3.16. The number of aliphatic hydroxyl groups is 1. The largest absolute Gasteiger partial charge is 0.497 e. The number of methoxy groups -OCH3 is 1. The molecule has 6 nitrogen and oxygen atoms in total. The summed E-state index contributed by atoms with van der Waals surface area (Å²) in [6.45, 7) is 10.6. The van der Waals surface area contributed by atoms with Crippen molar-refractivity contribution in [2.24, 2.45) is 34.5 Å². The number of fused-ring (bicyclic) bond motifs is 6. The molecule has 4 aliphatic carbocycles. The van der Waals surface area contributed by atoms with Gasteiger partial charge >= 0.3 is 0 Å². The lowest BCUT2D eigenvalue weighted by Gasteiger charge is -2.59. The van der Waals surface area contributed by atoms with Crippen LogP contribution >= 0.6 is 23.1 Å². The van der Waals surface area contributed by atoms with Crippen LogP contribution in [0.5, 0.6) is 5.75 Å². The number of thioether (sulfide) groups is 1. The van der Waals surface area contributed by atoms with E-state index in [-0.39, 0.29) is 22.7 Å². The number of carbonyl (C=O) groups excluding carboxylic acids is 1. The average molecular weight is 642 g/mol. The first-order chi connectivity index (χ1) is 21.7. The smallest absolute Gasteiger partial charge is 0.151 e. The molecule has 1 N–H and O–H groups in total. The third-order valence-corrected chi connectivity index (χ3v) is 13.9. The predicted octanol–water partition coefficient (Wildman–Crippen LogP) is 8.14. The third kappa shape index (κ3) is 4.99. The molecule has 0 radical (unpaired) electrons. The van der Waals surface area contributed by atoms with E-state index < -0.39 is 6.10 Å². The highest BCUT2D eigenvalue weighted by atomic mass is 32.2. The number of aromatic nitrogens is 3. The number of hydrogen-bond donors (Lipinski definition) is 1. The summed E-state index contributed by atoms with van der Waals surface area (Å²) in [4.78, 5) is 19.6. The molecule has 3 fully saturated rings. The number of Topliss-reactive ketones (excluding diaryl/α,β-unsaturated/α-hetero) is 1. The monoisotopic (exact) mass is 641 g/mol. The van der Waals surface area contributed by atoms with Gasteiger partial charge in [0.1, 0.15) is 11.5 Å². The van der Waals surface area contributed by atoms with Crippen LogP contribution in [0.2, 0.25) is 0 Å². The van der Waals surface area contributed by atoms with Crippen LogP contribution in [0.15, 0.2) is 53.0 Å². The second-order valence-electron chi connectivity index (χ2n) is 13.9. The molecule has 0 saturated heterocycles. The Labute approximate surface area is 274 Å². The lowest BCUT2D eigenvalue weighted by molar-refractivity contribution is -0.140. The molecule has 0 amide bonds. The van der Waals surface area contributed by atoms with Gasteiger partial charge in [-0.05, 0) is 122 Å². The number of carbonyl (C=O) groups is 1. The Morgan fingerprint density at radius 2 is 2.04 bits per heavy atom. The molecule has 236 valence electrons. The molecule has 0 bridgehead atoms. The van der Waals surface area contributed by atoms with E-state index in [0.717, 1.165) is 64.1 Å². The molecule has 0 aliphatic heterocycles. The first-order valence-corrected chi connectivity index (χ1v) is 18.0. The molecule has 0 spiro atoms. The third-order valence-electron chi connectivity index (χ3n) is 11.6. The summed E-state index contributed by atoms with van der Waals surface area (Å²) in [7, 11) is 1.68. The van der Waals surface area contributed by atoms with Crippen molar-refractivity contribution in [1.82, 2.24) is 14.8 Å². The molecule has 1 aromatic carbocycles. The van der Waals surface area contributed by atoms with Gasteiger partial charge in [0.05, 0.1) is 47.1 Å². The van der Waals surface area contributed by atoms with Crippen molar-refractivity contribution in [2.75, 3.05) is 12.9 Å². The highest BCUT2D eigenvalue weighted by molar-refractivity contribution is 8.01. The maximum atomic E-state index is 13.8. The van der Waals surface area contributed by atoms with Crippen molar-refractivity contribution in [1.29, 1.82) is 0 Å². The van der Waals surface area contributed by atoms with Crippen LogP contribution in [0.4, 0.5) is 0 Å². The minimum atomic E-state index is -0.429. The van der Waals surface area contributed by atoms with Gasteiger partial charge in [0.2, 0.25) is 0 Å². The number of allylic oxidation sites excluding steroid dienone is 2. The fourth-order valence-corrected chi connectivity index (χ4v) is 11.6. The van der Waals surface area contributed by atoms with E-state index >= 15 is 0 Å². The van der Waals surface area contributed by atoms with Crippen molar-refractivity contribution in [2.45, 2.75) is 69.7 Å². The number of thiazole rings is 1. The summed E-state index contributed by atoms with van der Waals surface area (Å²) in [5.41, 5.74) is 5.51. The number of ether oxygens (including phenoxy) is 1. The summed E-state index contributed by atoms with van der Waals surface area (Å²) in [6.07, 6.45) is 15.5. The van der Waals surface area contributed by atoms with E-state index in [1.165, 1.54) is 11.1 Å². The molecule has 45 heavy (non-hydrogen) atoms. The lowest BCUT2D eigenvalue weighted by Crippen LogP contribution is -2.57. The van der Waals surface area contributed by atoms with E-state index in [1.807, 2.05) is 60.3 Å². The average Bonchev–Trinajstić information content (AvgIpc) is 3.72. The Kier molecular flexibility index (Phi) is 7.98. The highest BCUT2D eigenvalue weighted by Gasteiger charge is 2.63. The van der Waals surface area contributed by atoms with E-state index in [0.29, 0.717) is 29.8 Å². The Morgan fingerprint density at radius 3 is 2.78 bits per heavy atom. The van der Waals surface area contributed by atoms with Crippen molar-refractivity contribution in [3.05, 3.63) is 70.5 Å². The summed E-state index contributed by atoms with van der Waals surface area (Å²) in [6, 6.07) is 8.05. The van der Waals surface area contributed by atoms with Gasteiger partial charge in [0.15, 0.2) is 4.34 Å². The van der Waals surface area contributed by atoms with Crippen LogP contribution in [0.25, 0.3) is 23.9 Å². The molecule has 7 atom stereocenters. The van der Waals surface area contributed by atoms with Gasteiger partial charge in [-0.25, -0.2) is 9.67 Å². The Morgan fingerprint density at radius 1 is 1.24 bits per heavy atom. The maximum absolute atomic E-state index is 13.8. The first-order valence-electron chi connectivity index (χ1n) is 16.2. The zero-order chi connectivity index (χ0) is 31.5. The van der Waals surface area contributed by atoms with Crippen LogP contribution in [-0.2, 0) is 11.2 Å². The second kappa shape index (κ2) is 11.7. The summed E-state index contributed by atoms with van der Waals surface area (Å²) < 4.78 is 8.31. The maximum Gasteiger partial charge on any atom is 0.151 e. The van der Waals surface area contributed by atoms with Crippen molar-refractivity contribution in [3.8, 4) is 11.4 Å². The number of rotatable bonds is 8. The molecule has 3 aromatic rings. The minimum Gasteiger partial charge on any atom is -0.497 e. The van der Waals surface area contributed by atoms with Gasteiger partial charge in [0, 0.05) is 5.92 Å². The standard InChI is InChI=1S/C37H43N3O3S2/c1-6-8-29-33(7-2)45-35(39-29)44-21-32(42)28-16-15-27-26-14-9-23-17-30-22(18-36(23,3)34(26)31(41)19-37(27,28)4)20-38-40(30)24-10-12-25(43-5)13-11-24/h6-8,10-13,17,20,26-28,31,34,41H,2,9,14-16,18-19,21H2,1,3-5H3/b8-6-. The van der Waals surface area contributed by atoms with Gasteiger partial charge in [0.25, 0.3) is 0 Å². The van der Waals surface area contributed by atoms with Gasteiger partial charge in [-0.3, -0.25) is 4.79 Å². The predicted molar refractivity (Wildman–Crippen MR) is 184 cm³/mol. The second-order valence-corrected chi connectivity index (χ2v) is 16.1. The summed E-state index contributed by atoms with van der Waals surface area (Å²) in [5, 5.41) is 16.8. The fraction of sp³-hybridized carbons (Fsp3) is 0.486. The molecular weight excluding hydrogens is 599 g/mol. The Bertz CT molecular complexity index is 1690. The van der Waals surface area contributed by atoms with Gasteiger partial charge in [-0.15, -0.1) is 11.3 Å². The molecule has 7 unspecified atom stereocenters. The molecule has 4 aliphatic rings. The van der Waals surface area contributed by atoms with E-state index in [4.69, 9.17) is 14.8 Å². The summed E-state index contributed by atoms with van der Waals surface area (Å²) in [5.74, 6) is 2.63. The van der Waals surface area contributed by atoms with Crippen LogP contribution in [0.3, 0.4) is 0 Å². The van der Waals surface area contributed by atoms with Crippen LogP contribution in [-0.4, -0.2) is 44.6 Å². The number of hydrogen-bond acceptors (Lipinski definition) is 7. The van der Waals surface area contributed by atoms with Gasteiger partial charge in [-0.2, -0.15) is 5.10 Å². The van der Waals surface area contributed by atoms with Crippen molar-refractivity contribution < 1.29 is 14.6 Å². The molecule has 7 rings (SSSR count). The van der Waals surface area contributed by atoms with E-state index in [9.17, 15) is 9.90 Å². The van der Waals surface area contributed by atoms with E-state index in [2.05, 4.69) is 26.5 Å². The normalized spacial score (nSPS) is 31.9. The highest BCUT2D eigenvalue weighted by Crippen LogP contribution is 2.66. The quantitative estimate of drug-likeness (QED) is 0.250. The zero-order valence-corrected chi connectivity index (χ0v) is 28.3. The SMILES string of the molecule is C=Cc1sc(SCC(=O)C2CCC3C4CCC5=Cc6c(cnn6-c6ccc(OC)cc6)CC5(C)C4C(O)CC23C)nc1/C=C\C. The zero-order valence-electron chi connectivity index (χ0n) is 26.7. The van der Waals surface area contributed by atoms with Crippen LogP contribution in [0.1, 0.15) is 74.7 Å². The van der Waals surface area contributed by atoms with Crippen molar-refractivity contribution >= 4 is 47.1 Å². The van der Waals surface area contributed by atoms with E-state index in [1.54, 1.807) is 30.2 Å². The lowest BCUT2D eigenvalue weighted by atomic mass is 9.46. The van der Waals surface area contributed by atoms with Crippen LogP contribution < -0.4 is 4.74 Å². The number of nitrogens with zero attached hydrogens (tertiary/aromatic N) is 3. The minimum absolute atomic E-state index is 0.00937. The molecule has 2 aromatic heterocycles. The molecule has 2 heterocycles. The van der Waals surface area contributed by atoms with Gasteiger partial charge in [-0.1, -0.05) is 43.8 Å².